The van der Waals surface area contributed by atoms with E-state index >= 15 is 0 Å². The Kier molecular flexibility index (Phi) is 7.32. The van der Waals surface area contributed by atoms with Crippen LogP contribution in [0.1, 0.15) is 16.8 Å². The summed E-state index contributed by atoms with van der Waals surface area (Å²) < 4.78 is 7.41. The molecule has 2 aromatic carbocycles. The van der Waals surface area contributed by atoms with Crippen molar-refractivity contribution in [3.63, 3.8) is 0 Å². The first-order valence-corrected chi connectivity index (χ1v) is 11.7. The lowest BCUT2D eigenvalue weighted by molar-refractivity contribution is 0.0600. The average molecular weight is 523 g/mol. The van der Waals surface area contributed by atoms with E-state index in [1.165, 1.54) is 7.11 Å². The number of imidazole rings is 1. The smallest absolute Gasteiger partial charge is 0.337 e. The molecule has 176 valence electrons. The molecule has 0 unspecified atom stereocenters. The van der Waals surface area contributed by atoms with Crippen LogP contribution in [0, 0.1) is 0 Å². The number of fused-ring (bicyclic) bond motifs is 1. The van der Waals surface area contributed by atoms with E-state index in [9.17, 15) is 4.79 Å². The largest absolute Gasteiger partial charge is 0.465 e. The zero-order chi connectivity index (χ0) is 24.1. The standard InChI is InChI=1S/C25H27BrN6O2/c1-30(20-9-5-18(6-10-20)25(33)34-3)14-4-15-31(2)21-11-7-19(8-12-21)28-23-24-27-13-16-32(24)17-22(26)29-23/h5-13,16-17H,4,14-15H2,1-3H3,(H,28,29). The zero-order valence-electron chi connectivity index (χ0n) is 19.4. The van der Waals surface area contributed by atoms with Gasteiger partial charge in [-0.1, -0.05) is 0 Å². The fraction of sp³-hybridized carbons (Fsp3) is 0.240. The van der Waals surface area contributed by atoms with Crippen LogP contribution in [0.3, 0.4) is 0 Å². The molecule has 0 spiro atoms. The summed E-state index contributed by atoms with van der Waals surface area (Å²) in [5.74, 6) is 0.378. The molecule has 4 aromatic rings. The number of nitrogens with one attached hydrogen (secondary N) is 1. The summed E-state index contributed by atoms with van der Waals surface area (Å²) in [5.41, 5.74) is 4.49. The van der Waals surface area contributed by atoms with Crippen molar-refractivity contribution in [2.75, 3.05) is 49.4 Å². The lowest BCUT2D eigenvalue weighted by atomic mass is 10.2. The van der Waals surface area contributed by atoms with E-state index in [4.69, 9.17) is 4.74 Å². The third-order valence-electron chi connectivity index (χ3n) is 5.63. The van der Waals surface area contributed by atoms with Gasteiger partial charge in [-0.2, -0.15) is 0 Å². The number of carbonyl (C=O) groups is 1. The Balaban J connectivity index is 1.30. The predicted octanol–water partition coefficient (Wildman–Crippen LogP) is 4.98. The second-order valence-corrected chi connectivity index (χ2v) is 8.79. The van der Waals surface area contributed by atoms with Gasteiger partial charge in [-0.15, -0.1) is 0 Å². The Labute approximate surface area is 207 Å². The number of hydrogen-bond acceptors (Lipinski definition) is 7. The molecule has 0 aliphatic heterocycles. The average Bonchev–Trinajstić information content (AvgIpc) is 3.32. The van der Waals surface area contributed by atoms with E-state index in [2.05, 4.69) is 67.2 Å². The number of ether oxygens (including phenoxy) is 1. The molecule has 0 aliphatic carbocycles. The van der Waals surface area contributed by atoms with Crippen LogP contribution in [0.15, 0.2) is 71.7 Å². The van der Waals surface area contributed by atoms with E-state index in [1.54, 1.807) is 18.3 Å². The lowest BCUT2D eigenvalue weighted by Gasteiger charge is -2.23. The highest BCUT2D eigenvalue weighted by Crippen LogP contribution is 2.24. The predicted molar refractivity (Wildman–Crippen MR) is 139 cm³/mol. The summed E-state index contributed by atoms with van der Waals surface area (Å²) in [4.78, 5) is 24.9. The Morgan fingerprint density at radius 3 is 2.26 bits per heavy atom. The number of anilines is 4. The van der Waals surface area contributed by atoms with Crippen molar-refractivity contribution in [2.45, 2.75) is 6.42 Å². The SMILES string of the molecule is COC(=O)c1ccc(N(C)CCCN(C)c2ccc(Nc3nc(Br)cn4ccnc34)cc2)cc1. The van der Waals surface area contributed by atoms with Crippen LogP contribution in [0.4, 0.5) is 22.9 Å². The number of halogens is 1. The highest BCUT2D eigenvalue weighted by Gasteiger charge is 2.09. The third kappa shape index (κ3) is 5.48. The first kappa shape index (κ1) is 23.6. The molecule has 0 bridgehead atoms. The maximum absolute atomic E-state index is 11.6. The van der Waals surface area contributed by atoms with Crippen molar-refractivity contribution in [3.8, 4) is 0 Å². The molecule has 0 amide bonds. The molecular formula is C25H27BrN6O2. The molecule has 2 heterocycles. The van der Waals surface area contributed by atoms with Crippen molar-refractivity contribution in [3.05, 3.63) is 77.3 Å². The van der Waals surface area contributed by atoms with Crippen LogP contribution >= 0.6 is 15.9 Å². The van der Waals surface area contributed by atoms with E-state index in [1.807, 2.05) is 41.1 Å². The molecule has 8 nitrogen and oxygen atoms in total. The van der Waals surface area contributed by atoms with E-state index < -0.39 is 0 Å². The lowest BCUT2D eigenvalue weighted by Crippen LogP contribution is -2.25. The highest BCUT2D eigenvalue weighted by atomic mass is 79.9. The summed E-state index contributed by atoms with van der Waals surface area (Å²) in [6.45, 7) is 1.82. The molecule has 34 heavy (non-hydrogen) atoms. The van der Waals surface area contributed by atoms with E-state index in [0.717, 1.165) is 46.8 Å². The minimum Gasteiger partial charge on any atom is -0.465 e. The van der Waals surface area contributed by atoms with Gasteiger partial charge in [-0.3, -0.25) is 0 Å². The van der Waals surface area contributed by atoms with Gasteiger partial charge in [0.25, 0.3) is 0 Å². The van der Waals surface area contributed by atoms with Gasteiger partial charge < -0.3 is 24.3 Å². The summed E-state index contributed by atoms with van der Waals surface area (Å²) >= 11 is 3.44. The number of rotatable bonds is 9. The molecule has 0 aliphatic rings. The third-order valence-corrected chi connectivity index (χ3v) is 6.01. The van der Waals surface area contributed by atoms with Gasteiger partial charge in [0.05, 0.1) is 12.7 Å². The number of nitrogens with zero attached hydrogens (tertiary/aromatic N) is 5. The van der Waals surface area contributed by atoms with Crippen molar-refractivity contribution in [1.82, 2.24) is 14.4 Å². The van der Waals surface area contributed by atoms with Crippen LogP contribution in [0.25, 0.3) is 5.65 Å². The normalized spacial score (nSPS) is 10.8. The molecule has 2 aromatic heterocycles. The van der Waals surface area contributed by atoms with Gasteiger partial charge in [0, 0.05) is 62.8 Å². The Morgan fingerprint density at radius 2 is 1.65 bits per heavy atom. The van der Waals surface area contributed by atoms with Crippen LogP contribution in [0.5, 0.6) is 0 Å². The Hall–Kier alpha value is -3.59. The first-order chi connectivity index (χ1) is 16.4. The van der Waals surface area contributed by atoms with Crippen molar-refractivity contribution in [1.29, 1.82) is 0 Å². The minimum absolute atomic E-state index is 0.320. The Morgan fingerprint density at radius 1 is 1.03 bits per heavy atom. The highest BCUT2D eigenvalue weighted by molar-refractivity contribution is 9.10. The Bertz CT molecular complexity index is 1260. The number of carbonyl (C=O) groups excluding carboxylic acids is 1. The topological polar surface area (TPSA) is 75.0 Å². The van der Waals surface area contributed by atoms with E-state index in [0.29, 0.717) is 11.4 Å². The van der Waals surface area contributed by atoms with Gasteiger partial charge in [-0.25, -0.2) is 14.8 Å². The second kappa shape index (κ2) is 10.6. The van der Waals surface area contributed by atoms with Crippen LogP contribution in [-0.4, -0.2) is 54.6 Å². The van der Waals surface area contributed by atoms with Crippen molar-refractivity contribution >= 4 is 50.4 Å². The first-order valence-electron chi connectivity index (χ1n) is 10.9. The fourth-order valence-electron chi connectivity index (χ4n) is 3.69. The zero-order valence-corrected chi connectivity index (χ0v) is 21.0. The monoisotopic (exact) mass is 522 g/mol. The summed E-state index contributed by atoms with van der Waals surface area (Å²) in [7, 11) is 5.54. The minimum atomic E-state index is -0.320. The number of methoxy groups -OCH3 is 1. The van der Waals surface area contributed by atoms with Crippen LogP contribution in [-0.2, 0) is 4.74 Å². The summed E-state index contributed by atoms with van der Waals surface area (Å²) in [6.07, 6.45) is 6.51. The van der Waals surface area contributed by atoms with Gasteiger partial charge in [0.2, 0.25) is 0 Å². The van der Waals surface area contributed by atoms with Gasteiger partial charge >= 0.3 is 5.97 Å². The fourth-order valence-corrected chi connectivity index (χ4v) is 4.09. The second-order valence-electron chi connectivity index (χ2n) is 7.98. The molecule has 0 atom stereocenters. The maximum atomic E-state index is 11.6. The molecular weight excluding hydrogens is 496 g/mol. The van der Waals surface area contributed by atoms with Crippen LogP contribution < -0.4 is 15.1 Å². The molecule has 9 heteroatoms. The molecule has 0 fully saturated rings. The number of benzene rings is 2. The summed E-state index contributed by atoms with van der Waals surface area (Å²) in [5, 5.41) is 3.35. The van der Waals surface area contributed by atoms with E-state index in [-0.39, 0.29) is 5.97 Å². The number of hydrogen-bond donors (Lipinski definition) is 1. The van der Waals surface area contributed by atoms with Crippen molar-refractivity contribution < 1.29 is 9.53 Å². The summed E-state index contributed by atoms with van der Waals surface area (Å²) in [6, 6.07) is 15.8. The molecule has 4 rings (SSSR count). The molecule has 0 radical (unpaired) electrons. The quantitative estimate of drug-likeness (QED) is 0.310. The number of esters is 1. The maximum Gasteiger partial charge on any atom is 0.337 e. The van der Waals surface area contributed by atoms with Gasteiger partial charge in [0.1, 0.15) is 4.60 Å². The van der Waals surface area contributed by atoms with Crippen LogP contribution in [0.2, 0.25) is 0 Å². The van der Waals surface area contributed by atoms with Crippen molar-refractivity contribution in [2.24, 2.45) is 0 Å². The van der Waals surface area contributed by atoms with Gasteiger partial charge in [-0.05, 0) is 70.9 Å². The number of aromatic nitrogens is 3. The van der Waals surface area contributed by atoms with Gasteiger partial charge in [0.15, 0.2) is 11.5 Å². The molecule has 1 N–H and O–H groups in total. The molecule has 0 saturated carbocycles. The molecule has 0 saturated heterocycles.